The minimum atomic E-state index is -0.932. The zero-order chi connectivity index (χ0) is 13.8. The first-order valence-electron chi connectivity index (χ1n) is 5.58. The first kappa shape index (κ1) is 13.5. The van der Waals surface area contributed by atoms with Crippen LogP contribution in [0.25, 0.3) is 0 Å². The van der Waals surface area contributed by atoms with E-state index >= 15 is 0 Å². The second-order valence-electron chi connectivity index (χ2n) is 3.90. The molecule has 0 saturated carbocycles. The van der Waals surface area contributed by atoms with Gasteiger partial charge in [0.15, 0.2) is 5.16 Å². The molecule has 1 unspecified atom stereocenters. The highest BCUT2D eigenvalue weighted by Gasteiger charge is 2.17. The monoisotopic (exact) mass is 281 g/mol. The summed E-state index contributed by atoms with van der Waals surface area (Å²) in [6, 6.07) is 6.15. The van der Waals surface area contributed by atoms with Gasteiger partial charge in [-0.05, 0) is 13.0 Å². The van der Waals surface area contributed by atoms with Gasteiger partial charge < -0.3 is 9.67 Å². The van der Waals surface area contributed by atoms with Gasteiger partial charge in [0.1, 0.15) is 12.1 Å². The van der Waals surface area contributed by atoms with Gasteiger partial charge in [-0.25, -0.2) is 4.39 Å². The fourth-order valence-corrected chi connectivity index (χ4v) is 2.40. The van der Waals surface area contributed by atoms with Crippen molar-refractivity contribution in [3.8, 4) is 0 Å². The van der Waals surface area contributed by atoms with Gasteiger partial charge >= 0.3 is 5.97 Å². The zero-order valence-electron chi connectivity index (χ0n) is 10.2. The Morgan fingerprint density at radius 1 is 1.53 bits per heavy atom. The third kappa shape index (κ3) is 3.11. The number of carbonyl (C=O) groups is 1. The van der Waals surface area contributed by atoms with E-state index in [4.69, 9.17) is 5.11 Å². The van der Waals surface area contributed by atoms with Crippen LogP contribution in [0.3, 0.4) is 0 Å². The number of hydrogen-bond acceptors (Lipinski definition) is 4. The lowest BCUT2D eigenvalue weighted by Crippen LogP contribution is -2.10. The number of aromatic nitrogens is 3. The van der Waals surface area contributed by atoms with E-state index in [0.717, 1.165) is 11.8 Å². The van der Waals surface area contributed by atoms with E-state index in [1.54, 1.807) is 22.8 Å². The molecule has 2 rings (SSSR count). The number of nitrogens with zero attached hydrogens (tertiary/aromatic N) is 3. The standard InChI is InChI=1S/C12H12FN3O2S/c1-8(9-4-2-3-5-10(9)13)16-7-14-15-12(16)19-6-11(17)18/h2-5,7-8H,6H2,1H3,(H,17,18). The fraction of sp³-hybridized carbons (Fsp3) is 0.250. The van der Waals surface area contributed by atoms with E-state index in [-0.39, 0.29) is 17.6 Å². The maximum atomic E-state index is 13.7. The summed E-state index contributed by atoms with van der Waals surface area (Å²) in [6.07, 6.45) is 1.47. The Morgan fingerprint density at radius 2 is 2.26 bits per heavy atom. The summed E-state index contributed by atoms with van der Waals surface area (Å²) in [5, 5.41) is 16.7. The largest absolute Gasteiger partial charge is 0.481 e. The van der Waals surface area contributed by atoms with Crippen LogP contribution in [0.2, 0.25) is 0 Å². The molecule has 1 aromatic carbocycles. The number of rotatable bonds is 5. The molecule has 7 heteroatoms. The van der Waals surface area contributed by atoms with Crippen molar-refractivity contribution in [1.82, 2.24) is 14.8 Å². The van der Waals surface area contributed by atoms with Crippen LogP contribution in [0.15, 0.2) is 35.7 Å². The maximum Gasteiger partial charge on any atom is 0.313 e. The molecule has 0 amide bonds. The number of halogens is 1. The van der Waals surface area contributed by atoms with Gasteiger partial charge in [0.2, 0.25) is 0 Å². The van der Waals surface area contributed by atoms with Crippen LogP contribution in [-0.2, 0) is 4.79 Å². The van der Waals surface area contributed by atoms with Crippen molar-refractivity contribution < 1.29 is 14.3 Å². The van der Waals surface area contributed by atoms with E-state index in [9.17, 15) is 9.18 Å². The third-order valence-electron chi connectivity index (χ3n) is 2.64. The fourth-order valence-electron chi connectivity index (χ4n) is 1.69. The maximum absolute atomic E-state index is 13.7. The molecule has 1 N–H and O–H groups in total. The van der Waals surface area contributed by atoms with Crippen molar-refractivity contribution in [2.75, 3.05) is 5.75 Å². The third-order valence-corrected chi connectivity index (χ3v) is 3.58. The van der Waals surface area contributed by atoms with Gasteiger partial charge in [0, 0.05) is 5.56 Å². The second kappa shape index (κ2) is 5.83. The van der Waals surface area contributed by atoms with E-state index < -0.39 is 5.97 Å². The summed E-state index contributed by atoms with van der Waals surface area (Å²) in [7, 11) is 0. The highest BCUT2D eigenvalue weighted by atomic mass is 32.2. The minimum absolute atomic E-state index is 0.108. The Bertz CT molecular complexity index is 588. The molecule has 0 aliphatic rings. The minimum Gasteiger partial charge on any atom is -0.481 e. The van der Waals surface area contributed by atoms with Crippen LogP contribution in [0.5, 0.6) is 0 Å². The Hall–Kier alpha value is -1.89. The molecule has 100 valence electrons. The molecule has 5 nitrogen and oxygen atoms in total. The van der Waals surface area contributed by atoms with Crippen LogP contribution in [0, 0.1) is 5.82 Å². The molecule has 0 saturated heterocycles. The van der Waals surface area contributed by atoms with E-state index in [1.807, 2.05) is 6.92 Å². The predicted octanol–water partition coefficient (Wildman–Crippen LogP) is 2.20. The van der Waals surface area contributed by atoms with E-state index in [2.05, 4.69) is 10.2 Å². The van der Waals surface area contributed by atoms with Crippen molar-refractivity contribution in [2.24, 2.45) is 0 Å². The van der Waals surface area contributed by atoms with Gasteiger partial charge in [-0.2, -0.15) is 0 Å². The van der Waals surface area contributed by atoms with Gasteiger partial charge in [0.25, 0.3) is 0 Å². The summed E-state index contributed by atoms with van der Waals surface area (Å²) >= 11 is 1.06. The van der Waals surface area contributed by atoms with E-state index in [0.29, 0.717) is 10.7 Å². The summed E-state index contributed by atoms with van der Waals surface area (Å²) < 4.78 is 15.4. The summed E-state index contributed by atoms with van der Waals surface area (Å²) in [5.74, 6) is -1.35. The topological polar surface area (TPSA) is 68.0 Å². The molecule has 0 aliphatic heterocycles. The first-order valence-corrected chi connectivity index (χ1v) is 6.56. The molecule has 0 bridgehead atoms. The lowest BCUT2D eigenvalue weighted by Gasteiger charge is -2.15. The SMILES string of the molecule is CC(c1ccccc1F)n1cnnc1SCC(=O)O. The average Bonchev–Trinajstić information content (AvgIpc) is 2.84. The van der Waals surface area contributed by atoms with Crippen LogP contribution >= 0.6 is 11.8 Å². The number of carboxylic acids is 1. The van der Waals surface area contributed by atoms with Crippen molar-refractivity contribution in [2.45, 2.75) is 18.1 Å². The van der Waals surface area contributed by atoms with Crippen LogP contribution in [0.1, 0.15) is 18.5 Å². The number of carboxylic acid groups (broad SMARTS) is 1. The van der Waals surface area contributed by atoms with Gasteiger partial charge in [-0.3, -0.25) is 4.79 Å². The molecule has 1 aromatic heterocycles. The molecule has 0 spiro atoms. The highest BCUT2D eigenvalue weighted by Crippen LogP contribution is 2.25. The lowest BCUT2D eigenvalue weighted by molar-refractivity contribution is -0.133. The molecule has 1 heterocycles. The Labute approximate surface area is 113 Å². The van der Waals surface area contributed by atoms with Crippen molar-refractivity contribution >= 4 is 17.7 Å². The predicted molar refractivity (Wildman–Crippen MR) is 68.6 cm³/mol. The number of aliphatic carboxylic acids is 1. The lowest BCUT2D eigenvalue weighted by atomic mass is 10.1. The molecule has 0 aliphatic carbocycles. The van der Waals surface area contributed by atoms with Crippen LogP contribution in [-0.4, -0.2) is 31.6 Å². The molecule has 1 atom stereocenters. The second-order valence-corrected chi connectivity index (χ2v) is 4.84. The molecular weight excluding hydrogens is 269 g/mol. The Kier molecular flexibility index (Phi) is 4.16. The number of hydrogen-bond donors (Lipinski definition) is 1. The van der Waals surface area contributed by atoms with Gasteiger partial charge in [0.05, 0.1) is 11.8 Å². The highest BCUT2D eigenvalue weighted by molar-refractivity contribution is 7.99. The smallest absolute Gasteiger partial charge is 0.313 e. The normalized spacial score (nSPS) is 12.3. The van der Waals surface area contributed by atoms with E-state index in [1.165, 1.54) is 12.4 Å². The van der Waals surface area contributed by atoms with Crippen molar-refractivity contribution in [1.29, 1.82) is 0 Å². The molecule has 0 radical (unpaired) electrons. The van der Waals surface area contributed by atoms with Gasteiger partial charge in [-0.1, -0.05) is 30.0 Å². The average molecular weight is 281 g/mol. The number of benzene rings is 1. The quantitative estimate of drug-likeness (QED) is 0.851. The summed E-state index contributed by atoms with van der Waals surface area (Å²) in [6.45, 7) is 1.81. The molecule has 19 heavy (non-hydrogen) atoms. The zero-order valence-corrected chi connectivity index (χ0v) is 11.0. The van der Waals surface area contributed by atoms with Crippen LogP contribution in [0.4, 0.5) is 4.39 Å². The molecular formula is C12H12FN3O2S. The van der Waals surface area contributed by atoms with Gasteiger partial charge in [-0.15, -0.1) is 10.2 Å². The summed E-state index contributed by atoms with van der Waals surface area (Å²) in [5.41, 5.74) is 0.513. The Balaban J connectivity index is 2.25. The van der Waals surface area contributed by atoms with Crippen LogP contribution < -0.4 is 0 Å². The first-order chi connectivity index (χ1) is 9.09. The van der Waals surface area contributed by atoms with Crippen molar-refractivity contribution in [3.05, 3.63) is 42.0 Å². The Morgan fingerprint density at radius 3 is 2.95 bits per heavy atom. The number of thioether (sulfide) groups is 1. The molecule has 2 aromatic rings. The summed E-state index contributed by atoms with van der Waals surface area (Å²) in [4.78, 5) is 10.6. The molecule has 0 fully saturated rings. The van der Waals surface area contributed by atoms with Crippen molar-refractivity contribution in [3.63, 3.8) is 0 Å².